The van der Waals surface area contributed by atoms with Crippen molar-refractivity contribution in [2.24, 2.45) is 0 Å². The first kappa shape index (κ1) is 18.3. The van der Waals surface area contributed by atoms with E-state index < -0.39 is 0 Å². The standard InChI is InChI=1S/C22H23FN4O/c1-14-10-18(16-5-7-19(23)8-6-16)11-21(25-14)17-4-3-9-27(13-17)22(28)20-12-24-26-15(20)2/h5-8,10-12,17H,3-4,9,13H2,1-2H3,(H,24,26)/t17-/m0/s1. The van der Waals surface area contributed by atoms with Crippen molar-refractivity contribution < 1.29 is 9.18 Å². The predicted molar refractivity (Wildman–Crippen MR) is 106 cm³/mol. The van der Waals surface area contributed by atoms with Crippen LogP contribution in [-0.4, -0.2) is 39.1 Å². The molecule has 3 aromatic rings. The van der Waals surface area contributed by atoms with Gasteiger partial charge in [0.05, 0.1) is 11.8 Å². The van der Waals surface area contributed by atoms with E-state index in [2.05, 4.69) is 16.3 Å². The number of rotatable bonds is 3. The van der Waals surface area contributed by atoms with Crippen LogP contribution in [0.15, 0.2) is 42.6 Å². The Labute approximate surface area is 163 Å². The number of likely N-dealkylation sites (tertiary alicyclic amines) is 1. The molecule has 0 saturated carbocycles. The zero-order valence-electron chi connectivity index (χ0n) is 16.1. The summed E-state index contributed by atoms with van der Waals surface area (Å²) in [4.78, 5) is 19.5. The maximum Gasteiger partial charge on any atom is 0.257 e. The van der Waals surface area contributed by atoms with Crippen molar-refractivity contribution >= 4 is 5.91 Å². The van der Waals surface area contributed by atoms with Gasteiger partial charge in [-0.2, -0.15) is 5.10 Å². The normalized spacial score (nSPS) is 17.0. The Hall–Kier alpha value is -3.02. The lowest BCUT2D eigenvalue weighted by Gasteiger charge is -2.32. The number of aromatic amines is 1. The van der Waals surface area contributed by atoms with Crippen LogP contribution < -0.4 is 0 Å². The van der Waals surface area contributed by atoms with Crippen molar-refractivity contribution in [3.8, 4) is 11.1 Å². The highest BCUT2D eigenvalue weighted by molar-refractivity contribution is 5.95. The van der Waals surface area contributed by atoms with Gasteiger partial charge in [-0.1, -0.05) is 12.1 Å². The first-order chi connectivity index (χ1) is 13.5. The summed E-state index contributed by atoms with van der Waals surface area (Å²) in [5, 5.41) is 6.80. The monoisotopic (exact) mass is 378 g/mol. The summed E-state index contributed by atoms with van der Waals surface area (Å²) in [6.45, 7) is 5.22. The van der Waals surface area contributed by atoms with E-state index in [9.17, 15) is 9.18 Å². The molecule has 0 spiro atoms. The molecule has 144 valence electrons. The van der Waals surface area contributed by atoms with Crippen molar-refractivity contribution in [1.29, 1.82) is 0 Å². The van der Waals surface area contributed by atoms with Crippen LogP contribution in [0.1, 0.15) is 46.2 Å². The highest BCUT2D eigenvalue weighted by Crippen LogP contribution is 2.30. The van der Waals surface area contributed by atoms with Gasteiger partial charge in [-0.15, -0.1) is 0 Å². The molecule has 1 amide bonds. The molecule has 0 radical (unpaired) electrons. The van der Waals surface area contributed by atoms with E-state index in [4.69, 9.17) is 4.98 Å². The zero-order chi connectivity index (χ0) is 19.7. The van der Waals surface area contributed by atoms with Gasteiger partial charge in [0.2, 0.25) is 0 Å². The van der Waals surface area contributed by atoms with Crippen LogP contribution in [0.4, 0.5) is 4.39 Å². The number of amides is 1. The summed E-state index contributed by atoms with van der Waals surface area (Å²) in [6.07, 6.45) is 3.53. The van der Waals surface area contributed by atoms with Crippen molar-refractivity contribution in [3.63, 3.8) is 0 Å². The fraction of sp³-hybridized carbons (Fsp3) is 0.318. The van der Waals surface area contributed by atoms with Crippen LogP contribution in [0, 0.1) is 19.7 Å². The summed E-state index contributed by atoms with van der Waals surface area (Å²) in [7, 11) is 0. The molecule has 28 heavy (non-hydrogen) atoms. The topological polar surface area (TPSA) is 61.9 Å². The summed E-state index contributed by atoms with van der Waals surface area (Å²) < 4.78 is 13.3. The van der Waals surface area contributed by atoms with Gasteiger partial charge in [-0.25, -0.2) is 4.39 Å². The van der Waals surface area contributed by atoms with Crippen LogP contribution >= 0.6 is 0 Å². The maximum atomic E-state index is 13.3. The molecule has 1 saturated heterocycles. The van der Waals surface area contributed by atoms with Gasteiger partial charge in [-0.05, 0) is 62.1 Å². The van der Waals surface area contributed by atoms with E-state index in [1.807, 2.05) is 24.8 Å². The van der Waals surface area contributed by atoms with Gasteiger partial charge in [0, 0.05) is 36.1 Å². The molecule has 1 atom stereocenters. The van der Waals surface area contributed by atoms with Gasteiger partial charge in [0.25, 0.3) is 5.91 Å². The Morgan fingerprint density at radius 2 is 1.96 bits per heavy atom. The molecule has 2 aromatic heterocycles. The van der Waals surface area contributed by atoms with E-state index in [1.165, 1.54) is 12.1 Å². The number of aryl methyl sites for hydroxylation is 2. The Morgan fingerprint density at radius 1 is 1.18 bits per heavy atom. The third-order valence-electron chi connectivity index (χ3n) is 5.34. The summed E-state index contributed by atoms with van der Waals surface area (Å²) in [5.41, 5.74) is 5.32. The second-order valence-corrected chi connectivity index (χ2v) is 7.43. The van der Waals surface area contributed by atoms with Crippen LogP contribution in [0.2, 0.25) is 0 Å². The number of halogens is 1. The first-order valence-corrected chi connectivity index (χ1v) is 9.55. The predicted octanol–water partition coefficient (Wildman–Crippen LogP) is 4.25. The van der Waals surface area contributed by atoms with Crippen molar-refractivity contribution in [3.05, 3.63) is 71.1 Å². The molecule has 5 nitrogen and oxygen atoms in total. The second kappa shape index (κ2) is 7.54. The number of carbonyl (C=O) groups excluding carboxylic acids is 1. The molecule has 1 aliphatic rings. The largest absolute Gasteiger partial charge is 0.338 e. The van der Waals surface area contributed by atoms with Gasteiger partial charge in [0.15, 0.2) is 0 Å². The second-order valence-electron chi connectivity index (χ2n) is 7.43. The lowest BCUT2D eigenvalue weighted by Crippen LogP contribution is -2.39. The van der Waals surface area contributed by atoms with Crippen molar-refractivity contribution in [1.82, 2.24) is 20.1 Å². The highest BCUT2D eigenvalue weighted by atomic mass is 19.1. The smallest absolute Gasteiger partial charge is 0.257 e. The molecule has 1 aromatic carbocycles. The Balaban J connectivity index is 1.59. The number of hydrogen-bond acceptors (Lipinski definition) is 3. The van der Waals surface area contributed by atoms with Gasteiger partial charge < -0.3 is 4.90 Å². The molecule has 1 fully saturated rings. The van der Waals surface area contributed by atoms with Gasteiger partial charge in [0.1, 0.15) is 5.82 Å². The number of nitrogens with zero attached hydrogens (tertiary/aromatic N) is 3. The van der Waals surface area contributed by atoms with Crippen molar-refractivity contribution in [2.75, 3.05) is 13.1 Å². The lowest BCUT2D eigenvalue weighted by atomic mass is 9.92. The quantitative estimate of drug-likeness (QED) is 0.741. The maximum absolute atomic E-state index is 13.3. The molecular weight excluding hydrogens is 355 g/mol. The SMILES string of the molecule is Cc1cc(-c2ccc(F)cc2)cc([C@H]2CCCN(C(=O)c3cn[nH]c3C)C2)n1. The van der Waals surface area contributed by atoms with Crippen LogP contribution in [0.3, 0.4) is 0 Å². The Kier molecular flexibility index (Phi) is 4.94. The number of hydrogen-bond donors (Lipinski definition) is 1. The number of H-pyrrole nitrogens is 1. The Morgan fingerprint density at radius 3 is 2.68 bits per heavy atom. The van der Waals surface area contributed by atoms with E-state index in [0.29, 0.717) is 12.1 Å². The number of benzene rings is 1. The third kappa shape index (κ3) is 3.67. The first-order valence-electron chi connectivity index (χ1n) is 9.55. The summed E-state index contributed by atoms with van der Waals surface area (Å²) in [5.74, 6) is -0.0444. The Bertz CT molecular complexity index is 996. The van der Waals surface area contributed by atoms with Gasteiger partial charge >= 0.3 is 0 Å². The summed E-state index contributed by atoms with van der Waals surface area (Å²) >= 11 is 0. The molecule has 1 N–H and O–H groups in total. The minimum Gasteiger partial charge on any atom is -0.338 e. The van der Waals surface area contributed by atoms with E-state index in [1.54, 1.807) is 18.3 Å². The molecule has 3 heterocycles. The molecule has 4 rings (SSSR count). The highest BCUT2D eigenvalue weighted by Gasteiger charge is 2.28. The average Bonchev–Trinajstić information content (AvgIpc) is 3.13. The molecule has 1 aliphatic heterocycles. The number of aromatic nitrogens is 3. The van der Waals surface area contributed by atoms with Crippen LogP contribution in [0.5, 0.6) is 0 Å². The van der Waals surface area contributed by atoms with Gasteiger partial charge in [-0.3, -0.25) is 14.9 Å². The minimum absolute atomic E-state index is 0.0161. The molecular formula is C22H23FN4O. The molecule has 0 aliphatic carbocycles. The zero-order valence-corrected chi connectivity index (χ0v) is 16.1. The fourth-order valence-electron chi connectivity index (χ4n) is 3.85. The van der Waals surface area contributed by atoms with E-state index in [0.717, 1.165) is 47.6 Å². The number of nitrogens with one attached hydrogen (secondary N) is 1. The van der Waals surface area contributed by atoms with Crippen LogP contribution in [-0.2, 0) is 0 Å². The summed E-state index contributed by atoms with van der Waals surface area (Å²) in [6, 6.07) is 10.6. The molecule has 0 bridgehead atoms. The number of carbonyl (C=O) groups is 1. The average molecular weight is 378 g/mol. The minimum atomic E-state index is -0.245. The molecule has 6 heteroatoms. The van der Waals surface area contributed by atoms with Crippen LogP contribution in [0.25, 0.3) is 11.1 Å². The number of piperidine rings is 1. The fourth-order valence-corrected chi connectivity index (χ4v) is 3.85. The van der Waals surface area contributed by atoms with E-state index >= 15 is 0 Å². The van der Waals surface area contributed by atoms with Crippen molar-refractivity contribution in [2.45, 2.75) is 32.6 Å². The third-order valence-corrected chi connectivity index (χ3v) is 5.34. The molecule has 0 unspecified atom stereocenters. The lowest BCUT2D eigenvalue weighted by molar-refractivity contribution is 0.0705. The van der Waals surface area contributed by atoms with E-state index in [-0.39, 0.29) is 17.6 Å². The number of pyridine rings is 1.